The molecule has 4 nitrogen and oxygen atoms in total. The summed E-state index contributed by atoms with van der Waals surface area (Å²) in [5, 5.41) is 9.41. The minimum absolute atomic E-state index is 0.112. The normalized spacial score (nSPS) is 12.2. The fourth-order valence-corrected chi connectivity index (χ4v) is 3.94. The predicted octanol–water partition coefficient (Wildman–Crippen LogP) is 6.92. The zero-order chi connectivity index (χ0) is 24.0. The minimum Gasteiger partial charge on any atom is -0.339 e. The Bertz CT molecular complexity index is 1070. The Balaban J connectivity index is 1.80. The number of amides is 1. The van der Waals surface area contributed by atoms with Gasteiger partial charge in [0.05, 0.1) is 16.0 Å². The van der Waals surface area contributed by atoms with Gasteiger partial charge in [0.15, 0.2) is 5.11 Å². The van der Waals surface area contributed by atoms with E-state index in [1.165, 1.54) is 0 Å². The third kappa shape index (κ3) is 7.38. The van der Waals surface area contributed by atoms with Crippen molar-refractivity contribution >= 4 is 86.9 Å². The summed E-state index contributed by atoms with van der Waals surface area (Å²) in [4.78, 5) is 13.4. The molecule has 3 rings (SSSR count). The average Bonchev–Trinajstić information content (AvgIpc) is 2.77. The smallest absolute Gasteiger partial charge is 0.233 e. The first-order valence-electron chi connectivity index (χ1n) is 9.64. The zero-order valence-electron chi connectivity index (χ0n) is 16.9. The quantitative estimate of drug-likeness (QED) is 0.174. The van der Waals surface area contributed by atoms with Gasteiger partial charge in [0.1, 0.15) is 6.17 Å². The molecule has 10 heteroatoms. The molecule has 0 heterocycles. The van der Waals surface area contributed by atoms with Crippen LogP contribution in [0.3, 0.4) is 0 Å². The Kier molecular flexibility index (Phi) is 9.10. The molecule has 0 aliphatic heterocycles. The molecule has 3 aromatic rings. The van der Waals surface area contributed by atoms with E-state index in [4.69, 9.17) is 70.2 Å². The van der Waals surface area contributed by atoms with E-state index in [2.05, 4.69) is 16.0 Å². The van der Waals surface area contributed by atoms with E-state index in [1.807, 2.05) is 60.7 Å². The molecule has 1 amide bonds. The second-order valence-corrected chi connectivity index (χ2v) is 10.6. The van der Waals surface area contributed by atoms with Crippen molar-refractivity contribution in [3.8, 4) is 0 Å². The molecule has 0 fully saturated rings. The van der Waals surface area contributed by atoms with Gasteiger partial charge in [-0.1, -0.05) is 119 Å². The topological polar surface area (TPSA) is 53.2 Å². The van der Waals surface area contributed by atoms with Crippen molar-refractivity contribution in [2.75, 3.05) is 5.32 Å². The van der Waals surface area contributed by atoms with Crippen molar-refractivity contribution < 1.29 is 4.79 Å². The molecule has 33 heavy (non-hydrogen) atoms. The lowest BCUT2D eigenvalue weighted by Gasteiger charge is -2.29. The molecule has 3 N–H and O–H groups in total. The second kappa shape index (κ2) is 11.6. The highest BCUT2D eigenvalue weighted by molar-refractivity contribution is 7.80. The molecule has 0 unspecified atom stereocenters. The lowest BCUT2D eigenvalue weighted by Crippen LogP contribution is -2.57. The van der Waals surface area contributed by atoms with Crippen molar-refractivity contribution in [1.29, 1.82) is 0 Å². The maximum atomic E-state index is 13.4. The number of anilines is 1. The molecule has 0 aliphatic rings. The van der Waals surface area contributed by atoms with Crippen LogP contribution in [-0.2, 0) is 4.79 Å². The number of benzene rings is 3. The van der Waals surface area contributed by atoms with Crippen LogP contribution in [0.5, 0.6) is 0 Å². The van der Waals surface area contributed by atoms with Crippen LogP contribution < -0.4 is 16.0 Å². The third-order valence-corrected chi connectivity index (χ3v) is 6.21. The Morgan fingerprint density at radius 2 is 1.33 bits per heavy atom. The van der Waals surface area contributed by atoms with Crippen molar-refractivity contribution in [2.45, 2.75) is 15.9 Å². The number of halogens is 5. The van der Waals surface area contributed by atoms with E-state index in [-0.39, 0.29) is 11.0 Å². The van der Waals surface area contributed by atoms with Gasteiger partial charge in [0, 0.05) is 5.69 Å². The van der Waals surface area contributed by atoms with Gasteiger partial charge in [-0.15, -0.1) is 0 Å². The number of hydrogen-bond acceptors (Lipinski definition) is 2. The number of carbonyl (C=O) groups is 1. The summed E-state index contributed by atoms with van der Waals surface area (Å²) >= 11 is 35.8. The first-order valence-corrected chi connectivity index (χ1v) is 11.9. The molecule has 0 aliphatic carbocycles. The summed E-state index contributed by atoms with van der Waals surface area (Å²) in [5.41, 5.74) is 2.16. The standard InChI is InChI=1S/C23H18Cl5N3OS/c24-17-12-11-16(13-18(17)25)29-22(33)31-21(23(26,27)28)30-20(32)19(14-7-3-1-4-8-14)15-9-5-2-6-10-15/h1-13,19,21H,(H,30,32)(H2,29,31,33)/t21-/m1/s1. The molecular formula is C23H18Cl5N3OS. The van der Waals surface area contributed by atoms with Crippen LogP contribution in [0.15, 0.2) is 78.9 Å². The van der Waals surface area contributed by atoms with Gasteiger partial charge in [-0.05, 0) is 41.5 Å². The monoisotopic (exact) mass is 559 g/mol. The highest BCUT2D eigenvalue weighted by Gasteiger charge is 2.36. The Hall–Kier alpha value is -1.73. The number of rotatable bonds is 6. The van der Waals surface area contributed by atoms with Gasteiger partial charge in [-0.25, -0.2) is 0 Å². The largest absolute Gasteiger partial charge is 0.339 e. The summed E-state index contributed by atoms with van der Waals surface area (Å²) in [6.07, 6.45) is -1.13. The van der Waals surface area contributed by atoms with Crippen LogP contribution in [0.1, 0.15) is 17.0 Å². The molecule has 0 spiro atoms. The summed E-state index contributed by atoms with van der Waals surface area (Å²) in [6, 6.07) is 23.6. The van der Waals surface area contributed by atoms with E-state index >= 15 is 0 Å². The predicted molar refractivity (Wildman–Crippen MR) is 143 cm³/mol. The maximum absolute atomic E-state index is 13.4. The minimum atomic E-state index is -1.91. The maximum Gasteiger partial charge on any atom is 0.233 e. The average molecular weight is 562 g/mol. The molecular weight excluding hydrogens is 544 g/mol. The van der Waals surface area contributed by atoms with E-state index in [0.29, 0.717) is 15.7 Å². The number of alkyl halides is 3. The fraction of sp³-hybridized carbons (Fsp3) is 0.130. The third-order valence-electron chi connectivity index (χ3n) is 4.59. The summed E-state index contributed by atoms with van der Waals surface area (Å²) < 4.78 is -1.91. The van der Waals surface area contributed by atoms with Gasteiger partial charge in [0.2, 0.25) is 9.70 Å². The van der Waals surface area contributed by atoms with Crippen LogP contribution >= 0.6 is 70.2 Å². The van der Waals surface area contributed by atoms with E-state index in [9.17, 15) is 4.79 Å². The van der Waals surface area contributed by atoms with Gasteiger partial charge in [-0.3, -0.25) is 4.79 Å². The number of hydrogen-bond donors (Lipinski definition) is 3. The highest BCUT2D eigenvalue weighted by Crippen LogP contribution is 2.31. The Morgan fingerprint density at radius 3 is 1.82 bits per heavy atom. The van der Waals surface area contributed by atoms with E-state index in [1.54, 1.807) is 18.2 Å². The van der Waals surface area contributed by atoms with Crippen molar-refractivity contribution in [1.82, 2.24) is 10.6 Å². The lowest BCUT2D eigenvalue weighted by molar-refractivity contribution is -0.122. The summed E-state index contributed by atoms with van der Waals surface area (Å²) in [6.45, 7) is 0. The van der Waals surface area contributed by atoms with Gasteiger partial charge < -0.3 is 16.0 Å². The van der Waals surface area contributed by atoms with Gasteiger partial charge in [-0.2, -0.15) is 0 Å². The van der Waals surface area contributed by atoms with Crippen LogP contribution in [-0.4, -0.2) is 21.0 Å². The Morgan fingerprint density at radius 1 is 0.788 bits per heavy atom. The Labute approximate surface area is 222 Å². The van der Waals surface area contributed by atoms with Crippen LogP contribution in [0.2, 0.25) is 10.0 Å². The molecule has 1 atom stereocenters. The van der Waals surface area contributed by atoms with Crippen molar-refractivity contribution in [3.05, 3.63) is 100 Å². The first-order chi connectivity index (χ1) is 15.6. The van der Waals surface area contributed by atoms with Crippen molar-refractivity contribution in [3.63, 3.8) is 0 Å². The number of nitrogens with one attached hydrogen (secondary N) is 3. The SMILES string of the molecule is O=C(N[C@H](NC(=S)Nc1ccc(Cl)c(Cl)c1)C(Cl)(Cl)Cl)C(c1ccccc1)c1ccccc1. The highest BCUT2D eigenvalue weighted by atomic mass is 35.6. The molecule has 0 bridgehead atoms. The molecule has 172 valence electrons. The lowest BCUT2D eigenvalue weighted by atomic mass is 9.90. The van der Waals surface area contributed by atoms with Gasteiger partial charge >= 0.3 is 0 Å². The van der Waals surface area contributed by atoms with E-state index in [0.717, 1.165) is 11.1 Å². The molecule has 3 aromatic carbocycles. The summed E-state index contributed by atoms with van der Waals surface area (Å²) in [5.74, 6) is -0.991. The summed E-state index contributed by atoms with van der Waals surface area (Å²) in [7, 11) is 0. The second-order valence-electron chi connectivity index (χ2n) is 6.96. The first kappa shape index (κ1) is 25.9. The molecule has 0 saturated carbocycles. The van der Waals surface area contributed by atoms with Gasteiger partial charge in [0.25, 0.3) is 0 Å². The van der Waals surface area contributed by atoms with Crippen LogP contribution in [0.25, 0.3) is 0 Å². The zero-order valence-corrected chi connectivity index (χ0v) is 21.5. The number of carbonyl (C=O) groups excluding carboxylic acids is 1. The van der Waals surface area contributed by atoms with Crippen LogP contribution in [0.4, 0.5) is 5.69 Å². The van der Waals surface area contributed by atoms with Crippen molar-refractivity contribution in [2.24, 2.45) is 0 Å². The van der Waals surface area contributed by atoms with Crippen LogP contribution in [0, 0.1) is 0 Å². The fourth-order valence-electron chi connectivity index (χ4n) is 3.08. The molecule has 0 aromatic heterocycles. The number of thiocarbonyl (C=S) groups is 1. The molecule has 0 saturated heterocycles. The molecule has 0 radical (unpaired) electrons. The van der Waals surface area contributed by atoms with E-state index < -0.39 is 15.9 Å².